The molecule has 0 bridgehead atoms. The molecular weight excluding hydrogens is 324 g/mol. The van der Waals surface area contributed by atoms with Gasteiger partial charge in [0.15, 0.2) is 0 Å². The van der Waals surface area contributed by atoms with Gasteiger partial charge in [-0.2, -0.15) is 0 Å². The van der Waals surface area contributed by atoms with Crippen LogP contribution in [0.2, 0.25) is 0 Å². The molecule has 0 fully saturated rings. The predicted molar refractivity (Wildman–Crippen MR) is 94.5 cm³/mol. The highest BCUT2D eigenvalue weighted by molar-refractivity contribution is 7.09. The fourth-order valence-electron chi connectivity index (χ4n) is 2.31. The minimum Gasteiger partial charge on any atom is -0.478 e. The van der Waals surface area contributed by atoms with E-state index in [0.717, 1.165) is 35.5 Å². The number of hydrogen-bond acceptors (Lipinski definition) is 4. The van der Waals surface area contributed by atoms with Crippen LogP contribution in [0.15, 0.2) is 29.6 Å². The molecule has 1 heterocycles. The van der Waals surface area contributed by atoms with E-state index in [0.29, 0.717) is 19.4 Å². The van der Waals surface area contributed by atoms with Gasteiger partial charge >= 0.3 is 5.97 Å². The standard InChI is InChI=1S/C18H22N2O3S/c1-13-12-24-17(20-13)4-2-3-11-19-16(21)10-7-14-5-8-15(9-6-14)18(22)23/h5-6,8-9,12H,2-4,7,10-11H2,1H3,(H,19,21)(H,22,23). The highest BCUT2D eigenvalue weighted by Gasteiger charge is 2.05. The molecule has 0 saturated heterocycles. The number of benzene rings is 1. The Labute approximate surface area is 145 Å². The van der Waals surface area contributed by atoms with Crippen LogP contribution in [-0.2, 0) is 17.6 Å². The summed E-state index contributed by atoms with van der Waals surface area (Å²) in [6.45, 7) is 2.68. The van der Waals surface area contributed by atoms with Crippen LogP contribution in [0, 0.1) is 6.92 Å². The molecule has 2 N–H and O–H groups in total. The molecule has 128 valence electrons. The van der Waals surface area contributed by atoms with E-state index >= 15 is 0 Å². The van der Waals surface area contributed by atoms with Gasteiger partial charge in [0.25, 0.3) is 0 Å². The van der Waals surface area contributed by atoms with Crippen molar-refractivity contribution >= 4 is 23.2 Å². The molecule has 0 spiro atoms. The maximum Gasteiger partial charge on any atom is 0.335 e. The van der Waals surface area contributed by atoms with Crippen LogP contribution in [0.1, 0.15) is 45.9 Å². The molecule has 0 aliphatic rings. The molecule has 0 radical (unpaired) electrons. The Hall–Kier alpha value is -2.21. The summed E-state index contributed by atoms with van der Waals surface area (Å²) in [4.78, 5) is 27.0. The van der Waals surface area contributed by atoms with Gasteiger partial charge in [0.05, 0.1) is 10.6 Å². The normalized spacial score (nSPS) is 10.5. The van der Waals surface area contributed by atoms with Crippen molar-refractivity contribution in [2.45, 2.75) is 39.0 Å². The number of unbranched alkanes of at least 4 members (excludes halogenated alkanes) is 1. The smallest absolute Gasteiger partial charge is 0.335 e. The van der Waals surface area contributed by atoms with Crippen LogP contribution in [0.5, 0.6) is 0 Å². The summed E-state index contributed by atoms with van der Waals surface area (Å²) in [7, 11) is 0. The number of aromatic carboxylic acids is 1. The van der Waals surface area contributed by atoms with Gasteiger partial charge in [-0.05, 0) is 50.3 Å². The Morgan fingerprint density at radius 2 is 1.92 bits per heavy atom. The van der Waals surface area contributed by atoms with Gasteiger partial charge in [0, 0.05) is 24.0 Å². The van der Waals surface area contributed by atoms with E-state index in [2.05, 4.69) is 15.7 Å². The lowest BCUT2D eigenvalue weighted by atomic mass is 10.1. The highest BCUT2D eigenvalue weighted by Crippen LogP contribution is 2.11. The van der Waals surface area contributed by atoms with Crippen molar-refractivity contribution < 1.29 is 14.7 Å². The molecule has 1 amide bonds. The van der Waals surface area contributed by atoms with Crippen molar-refractivity contribution in [3.8, 4) is 0 Å². The summed E-state index contributed by atoms with van der Waals surface area (Å²) in [5, 5.41) is 15.0. The first-order chi connectivity index (χ1) is 11.5. The number of carbonyl (C=O) groups is 2. The molecule has 0 aliphatic heterocycles. The summed E-state index contributed by atoms with van der Waals surface area (Å²) in [5.74, 6) is -0.908. The Morgan fingerprint density at radius 1 is 1.17 bits per heavy atom. The number of aryl methyl sites for hydroxylation is 3. The number of nitrogens with zero attached hydrogens (tertiary/aromatic N) is 1. The SMILES string of the molecule is Cc1csc(CCCCNC(=O)CCc2ccc(C(=O)O)cc2)n1. The summed E-state index contributed by atoms with van der Waals surface area (Å²) < 4.78 is 0. The summed E-state index contributed by atoms with van der Waals surface area (Å²) in [5.41, 5.74) is 2.30. The van der Waals surface area contributed by atoms with Crippen molar-refractivity contribution in [1.29, 1.82) is 0 Å². The molecule has 0 saturated carbocycles. The zero-order chi connectivity index (χ0) is 17.4. The number of thiazole rings is 1. The maximum absolute atomic E-state index is 11.8. The molecule has 2 aromatic rings. The van der Waals surface area contributed by atoms with E-state index in [1.165, 1.54) is 0 Å². The van der Waals surface area contributed by atoms with Crippen LogP contribution in [0.4, 0.5) is 0 Å². The minimum absolute atomic E-state index is 0.0300. The summed E-state index contributed by atoms with van der Waals surface area (Å²) in [6.07, 6.45) is 3.95. The van der Waals surface area contributed by atoms with Crippen LogP contribution in [0.25, 0.3) is 0 Å². The zero-order valence-electron chi connectivity index (χ0n) is 13.7. The zero-order valence-corrected chi connectivity index (χ0v) is 14.6. The molecule has 0 unspecified atom stereocenters. The van der Waals surface area contributed by atoms with E-state index in [1.54, 1.807) is 35.6 Å². The van der Waals surface area contributed by atoms with Gasteiger partial charge in [-0.3, -0.25) is 4.79 Å². The van der Waals surface area contributed by atoms with E-state index in [-0.39, 0.29) is 11.5 Å². The quantitative estimate of drug-likeness (QED) is 0.683. The Balaban J connectivity index is 1.58. The number of hydrogen-bond donors (Lipinski definition) is 2. The number of carboxylic acids is 1. The van der Waals surface area contributed by atoms with Crippen molar-refractivity contribution in [1.82, 2.24) is 10.3 Å². The van der Waals surface area contributed by atoms with Crippen molar-refractivity contribution in [3.63, 3.8) is 0 Å². The lowest BCUT2D eigenvalue weighted by molar-refractivity contribution is -0.121. The second-order valence-corrected chi connectivity index (χ2v) is 6.63. The van der Waals surface area contributed by atoms with Crippen LogP contribution in [0.3, 0.4) is 0 Å². The molecule has 24 heavy (non-hydrogen) atoms. The number of rotatable bonds is 9. The summed E-state index contributed by atoms with van der Waals surface area (Å²) in [6, 6.07) is 6.64. The van der Waals surface area contributed by atoms with Crippen LogP contribution < -0.4 is 5.32 Å². The average molecular weight is 346 g/mol. The molecule has 0 aliphatic carbocycles. The number of amides is 1. The average Bonchev–Trinajstić information content (AvgIpc) is 2.98. The van der Waals surface area contributed by atoms with E-state index in [1.807, 2.05) is 6.92 Å². The van der Waals surface area contributed by atoms with Gasteiger partial charge < -0.3 is 10.4 Å². The first-order valence-corrected chi connectivity index (χ1v) is 8.92. The lowest BCUT2D eigenvalue weighted by Crippen LogP contribution is -2.24. The number of aromatic nitrogens is 1. The number of carboxylic acid groups (broad SMARTS) is 1. The van der Waals surface area contributed by atoms with Gasteiger partial charge in [-0.25, -0.2) is 9.78 Å². The number of carbonyl (C=O) groups excluding carboxylic acids is 1. The summed E-state index contributed by atoms with van der Waals surface area (Å²) >= 11 is 1.69. The third-order valence-corrected chi connectivity index (χ3v) is 4.67. The number of nitrogens with one attached hydrogen (secondary N) is 1. The Kier molecular flexibility index (Phi) is 6.93. The van der Waals surface area contributed by atoms with Crippen LogP contribution >= 0.6 is 11.3 Å². The molecule has 6 heteroatoms. The highest BCUT2D eigenvalue weighted by atomic mass is 32.1. The second kappa shape index (κ2) is 9.17. The van der Waals surface area contributed by atoms with Gasteiger partial charge in [-0.1, -0.05) is 12.1 Å². The first-order valence-electron chi connectivity index (χ1n) is 8.04. The van der Waals surface area contributed by atoms with Crippen molar-refractivity contribution in [3.05, 3.63) is 51.5 Å². The van der Waals surface area contributed by atoms with Gasteiger partial charge in [0.1, 0.15) is 0 Å². The molecule has 5 nitrogen and oxygen atoms in total. The van der Waals surface area contributed by atoms with Gasteiger partial charge in [-0.15, -0.1) is 11.3 Å². The molecule has 0 atom stereocenters. The fraction of sp³-hybridized carbons (Fsp3) is 0.389. The van der Waals surface area contributed by atoms with Crippen LogP contribution in [-0.4, -0.2) is 28.5 Å². The lowest BCUT2D eigenvalue weighted by Gasteiger charge is -2.05. The topological polar surface area (TPSA) is 79.3 Å². The third kappa shape index (κ3) is 6.12. The predicted octanol–water partition coefficient (Wildman–Crippen LogP) is 3.22. The third-order valence-electron chi connectivity index (χ3n) is 3.65. The van der Waals surface area contributed by atoms with E-state index < -0.39 is 5.97 Å². The largest absolute Gasteiger partial charge is 0.478 e. The molecule has 1 aromatic carbocycles. The molecular formula is C18H22N2O3S. The Morgan fingerprint density at radius 3 is 2.54 bits per heavy atom. The molecule has 1 aromatic heterocycles. The van der Waals surface area contributed by atoms with E-state index in [4.69, 9.17) is 5.11 Å². The van der Waals surface area contributed by atoms with Crippen molar-refractivity contribution in [2.75, 3.05) is 6.54 Å². The maximum atomic E-state index is 11.8. The minimum atomic E-state index is -0.938. The van der Waals surface area contributed by atoms with Gasteiger partial charge in [0.2, 0.25) is 5.91 Å². The Bertz CT molecular complexity index is 680. The van der Waals surface area contributed by atoms with E-state index in [9.17, 15) is 9.59 Å². The van der Waals surface area contributed by atoms with Crippen molar-refractivity contribution in [2.24, 2.45) is 0 Å². The fourth-order valence-corrected chi connectivity index (χ4v) is 3.12. The monoisotopic (exact) mass is 346 g/mol. The second-order valence-electron chi connectivity index (χ2n) is 5.69. The first kappa shape index (κ1) is 18.1. The molecule has 2 rings (SSSR count).